The highest BCUT2D eigenvalue weighted by atomic mass is 32.2. The molecule has 8 nitrogen and oxygen atoms in total. The number of hydrogen-bond donors (Lipinski definition) is 1. The normalized spacial score (nSPS) is 11.5. The zero-order valence-corrected chi connectivity index (χ0v) is 17.7. The first-order chi connectivity index (χ1) is 13.6. The van der Waals surface area contributed by atoms with Gasteiger partial charge in [0.15, 0.2) is 0 Å². The lowest BCUT2D eigenvalue weighted by Crippen LogP contribution is -2.39. The van der Waals surface area contributed by atoms with E-state index < -0.39 is 20.9 Å². The van der Waals surface area contributed by atoms with Gasteiger partial charge in [0.05, 0.1) is 16.4 Å². The van der Waals surface area contributed by atoms with E-state index in [4.69, 9.17) is 0 Å². The van der Waals surface area contributed by atoms with E-state index in [2.05, 4.69) is 5.32 Å². The molecule has 9 heteroatoms. The average Bonchev–Trinajstić information content (AvgIpc) is 2.65. The molecule has 0 aliphatic heterocycles. The van der Waals surface area contributed by atoms with Gasteiger partial charge in [-0.3, -0.25) is 14.9 Å². The lowest BCUT2D eigenvalue weighted by atomic mass is 10.1. The Bertz CT molecular complexity index is 1030. The first kappa shape index (κ1) is 22.5. The number of nitrogens with zero attached hydrogens (tertiary/aromatic N) is 2. The fourth-order valence-corrected chi connectivity index (χ4v) is 4.72. The summed E-state index contributed by atoms with van der Waals surface area (Å²) < 4.78 is 27.6. The van der Waals surface area contributed by atoms with Crippen molar-refractivity contribution >= 4 is 27.3 Å². The van der Waals surface area contributed by atoms with Crippen LogP contribution in [0.15, 0.2) is 41.3 Å². The average molecular weight is 420 g/mol. The van der Waals surface area contributed by atoms with Gasteiger partial charge in [-0.2, -0.15) is 4.31 Å². The summed E-state index contributed by atoms with van der Waals surface area (Å²) in [7, 11) is -4.10. The molecule has 0 aliphatic rings. The largest absolute Gasteiger partial charge is 0.325 e. The number of aryl methyl sites for hydroxylation is 2. The number of nitrogens with one attached hydrogen (secondary N) is 1. The summed E-state index contributed by atoms with van der Waals surface area (Å²) in [6, 6.07) is 9.58. The summed E-state index contributed by atoms with van der Waals surface area (Å²) in [6.45, 7) is 6.59. The third-order valence-electron chi connectivity index (χ3n) is 4.65. The van der Waals surface area contributed by atoms with Gasteiger partial charge in [-0.25, -0.2) is 8.42 Å². The predicted octanol–water partition coefficient (Wildman–Crippen LogP) is 3.56. The number of rotatable bonds is 8. The molecule has 156 valence electrons. The van der Waals surface area contributed by atoms with Crippen LogP contribution in [-0.2, 0) is 14.8 Å². The summed E-state index contributed by atoms with van der Waals surface area (Å²) in [5.74, 6) is -0.476. The van der Waals surface area contributed by atoms with Gasteiger partial charge in [0.1, 0.15) is 0 Å². The van der Waals surface area contributed by atoms with Crippen LogP contribution in [0.2, 0.25) is 0 Å². The second-order valence-corrected chi connectivity index (χ2v) is 8.75. The fraction of sp³-hybridized carbons (Fsp3) is 0.350. The lowest BCUT2D eigenvalue weighted by molar-refractivity contribution is -0.385. The number of anilines is 1. The molecule has 2 aromatic carbocycles. The predicted molar refractivity (Wildman–Crippen MR) is 111 cm³/mol. The first-order valence-corrected chi connectivity index (χ1v) is 10.6. The number of non-ortho nitro benzene ring substituents is 1. The molecule has 0 saturated heterocycles. The molecule has 29 heavy (non-hydrogen) atoms. The van der Waals surface area contributed by atoms with Crippen LogP contribution in [0.4, 0.5) is 11.4 Å². The number of nitro groups is 1. The zero-order chi connectivity index (χ0) is 21.8. The van der Waals surface area contributed by atoms with Crippen LogP contribution < -0.4 is 5.32 Å². The fourth-order valence-electron chi connectivity index (χ4n) is 2.92. The second kappa shape index (κ2) is 9.15. The SMILES string of the molecule is CCCN(CC(=O)Nc1ccccc1C)S(=O)(=O)c1cc([N+](=O)[O-])cc(C)c1C. The monoisotopic (exact) mass is 419 g/mol. The second-order valence-electron chi connectivity index (χ2n) is 6.84. The number of carbonyl (C=O) groups is 1. The van der Waals surface area contributed by atoms with Gasteiger partial charge >= 0.3 is 0 Å². The van der Waals surface area contributed by atoms with E-state index in [1.165, 1.54) is 6.07 Å². The Hall–Kier alpha value is -2.78. The van der Waals surface area contributed by atoms with Crippen molar-refractivity contribution < 1.29 is 18.1 Å². The summed E-state index contributed by atoms with van der Waals surface area (Å²) in [5.41, 5.74) is 2.09. The highest BCUT2D eigenvalue weighted by Crippen LogP contribution is 2.28. The third-order valence-corrected chi connectivity index (χ3v) is 6.62. The molecule has 0 aliphatic carbocycles. The van der Waals surface area contributed by atoms with E-state index in [9.17, 15) is 23.3 Å². The Morgan fingerprint density at radius 3 is 2.38 bits per heavy atom. The van der Waals surface area contributed by atoms with Crippen molar-refractivity contribution in [3.05, 3.63) is 63.2 Å². The van der Waals surface area contributed by atoms with Crippen molar-refractivity contribution in [1.29, 1.82) is 0 Å². The van der Waals surface area contributed by atoms with Gasteiger partial charge in [-0.15, -0.1) is 0 Å². The number of carbonyl (C=O) groups excluding carboxylic acids is 1. The Balaban J connectivity index is 2.37. The van der Waals surface area contributed by atoms with Crippen LogP contribution in [0.25, 0.3) is 0 Å². The number of benzene rings is 2. The number of amides is 1. The molecule has 0 bridgehead atoms. The number of sulfonamides is 1. The standard InChI is InChI=1S/C20H25N3O5S/c1-5-10-22(13-20(24)21-18-9-7-6-8-14(18)2)29(27,28)19-12-17(23(25)26)11-15(3)16(19)4/h6-9,11-12H,5,10,13H2,1-4H3,(H,21,24). The van der Waals surface area contributed by atoms with Gasteiger partial charge in [-0.1, -0.05) is 25.1 Å². The topological polar surface area (TPSA) is 110 Å². The maximum Gasteiger partial charge on any atom is 0.271 e. The lowest BCUT2D eigenvalue weighted by Gasteiger charge is -2.23. The Kier molecular flexibility index (Phi) is 7.10. The minimum absolute atomic E-state index is 0.116. The van der Waals surface area contributed by atoms with E-state index in [1.54, 1.807) is 32.9 Å². The van der Waals surface area contributed by atoms with Crippen LogP contribution in [0.3, 0.4) is 0 Å². The van der Waals surface area contributed by atoms with Crippen molar-refractivity contribution in [2.45, 2.75) is 39.0 Å². The molecule has 0 fully saturated rings. The van der Waals surface area contributed by atoms with Crippen molar-refractivity contribution in [1.82, 2.24) is 4.31 Å². The quantitative estimate of drug-likeness (QED) is 0.520. The van der Waals surface area contributed by atoms with E-state index >= 15 is 0 Å². The van der Waals surface area contributed by atoms with Crippen molar-refractivity contribution in [3.8, 4) is 0 Å². The van der Waals surface area contributed by atoms with Gasteiger partial charge in [0, 0.05) is 24.4 Å². The van der Waals surface area contributed by atoms with E-state index in [1.807, 2.05) is 19.1 Å². The van der Waals surface area contributed by atoms with Crippen molar-refractivity contribution in [2.24, 2.45) is 0 Å². The molecule has 0 aromatic heterocycles. The Labute approximate surface area is 170 Å². The van der Waals surface area contributed by atoms with Gasteiger partial charge < -0.3 is 5.32 Å². The van der Waals surface area contributed by atoms with Crippen LogP contribution >= 0.6 is 0 Å². The number of para-hydroxylation sites is 1. The molecule has 0 unspecified atom stereocenters. The third kappa shape index (κ3) is 5.18. The highest BCUT2D eigenvalue weighted by Gasteiger charge is 2.30. The summed E-state index contributed by atoms with van der Waals surface area (Å²) >= 11 is 0. The molecule has 2 aromatic rings. The van der Waals surface area contributed by atoms with Crippen LogP contribution in [0.5, 0.6) is 0 Å². The molecule has 0 saturated carbocycles. The molecular formula is C20H25N3O5S. The number of hydrogen-bond acceptors (Lipinski definition) is 5. The maximum absolute atomic E-state index is 13.2. The zero-order valence-electron chi connectivity index (χ0n) is 16.9. The minimum Gasteiger partial charge on any atom is -0.325 e. The van der Waals surface area contributed by atoms with Crippen LogP contribution in [0, 0.1) is 30.9 Å². The summed E-state index contributed by atoms with van der Waals surface area (Å²) in [5, 5.41) is 13.9. The molecule has 1 N–H and O–H groups in total. The maximum atomic E-state index is 13.2. The van der Waals surface area contributed by atoms with Gasteiger partial charge in [-0.05, 0) is 49.9 Å². The van der Waals surface area contributed by atoms with E-state index in [0.717, 1.165) is 15.9 Å². The Morgan fingerprint density at radius 2 is 1.79 bits per heavy atom. The van der Waals surface area contributed by atoms with E-state index in [-0.39, 0.29) is 23.7 Å². The number of nitro benzene ring substituents is 1. The van der Waals surface area contributed by atoms with E-state index in [0.29, 0.717) is 23.2 Å². The summed E-state index contributed by atoms with van der Waals surface area (Å²) in [4.78, 5) is 22.9. The highest BCUT2D eigenvalue weighted by molar-refractivity contribution is 7.89. The molecule has 0 atom stereocenters. The molecule has 0 radical (unpaired) electrons. The summed E-state index contributed by atoms with van der Waals surface area (Å²) in [6.07, 6.45) is 0.490. The molecule has 1 amide bonds. The van der Waals surface area contributed by atoms with Crippen LogP contribution in [-0.4, -0.2) is 36.6 Å². The molecule has 0 heterocycles. The minimum atomic E-state index is -4.10. The Morgan fingerprint density at radius 1 is 1.14 bits per heavy atom. The van der Waals surface area contributed by atoms with Gasteiger partial charge in [0.2, 0.25) is 15.9 Å². The molecule has 0 spiro atoms. The van der Waals surface area contributed by atoms with Gasteiger partial charge in [0.25, 0.3) is 5.69 Å². The molecular weight excluding hydrogens is 394 g/mol. The first-order valence-electron chi connectivity index (χ1n) is 9.19. The smallest absolute Gasteiger partial charge is 0.271 e. The van der Waals surface area contributed by atoms with Crippen LogP contribution in [0.1, 0.15) is 30.0 Å². The van der Waals surface area contributed by atoms with Crippen molar-refractivity contribution in [2.75, 3.05) is 18.4 Å². The molecule has 2 rings (SSSR count). The van der Waals surface area contributed by atoms with Crippen molar-refractivity contribution in [3.63, 3.8) is 0 Å².